The molecule has 0 saturated heterocycles. The van der Waals surface area contributed by atoms with Crippen molar-refractivity contribution in [3.8, 4) is 11.3 Å². The highest BCUT2D eigenvalue weighted by Crippen LogP contribution is 2.28. The molecular formula is C8H5Cl2FN4. The number of anilines is 1. The maximum atomic E-state index is 13.1. The van der Waals surface area contributed by atoms with E-state index in [-0.39, 0.29) is 16.1 Å². The van der Waals surface area contributed by atoms with Crippen molar-refractivity contribution in [2.45, 2.75) is 0 Å². The van der Waals surface area contributed by atoms with Gasteiger partial charge in [-0.3, -0.25) is 5.10 Å². The van der Waals surface area contributed by atoms with E-state index >= 15 is 0 Å². The van der Waals surface area contributed by atoms with Gasteiger partial charge in [-0.1, -0.05) is 23.2 Å². The molecule has 0 aliphatic heterocycles. The molecule has 2 aromatic rings. The van der Waals surface area contributed by atoms with E-state index in [4.69, 9.17) is 28.9 Å². The van der Waals surface area contributed by atoms with E-state index in [0.717, 1.165) is 0 Å². The molecule has 0 radical (unpaired) electrons. The average molecular weight is 247 g/mol. The van der Waals surface area contributed by atoms with Gasteiger partial charge < -0.3 is 5.73 Å². The number of H-pyrrole nitrogens is 1. The summed E-state index contributed by atoms with van der Waals surface area (Å²) < 4.78 is 13.1. The van der Waals surface area contributed by atoms with Crippen LogP contribution in [0.25, 0.3) is 11.3 Å². The summed E-state index contributed by atoms with van der Waals surface area (Å²) >= 11 is 11.3. The predicted molar refractivity (Wildman–Crippen MR) is 56.2 cm³/mol. The highest BCUT2D eigenvalue weighted by Gasteiger charge is 2.12. The first-order valence-corrected chi connectivity index (χ1v) is 4.66. The highest BCUT2D eigenvalue weighted by molar-refractivity contribution is 6.34. The molecule has 0 spiro atoms. The molecule has 0 aliphatic carbocycles. The minimum atomic E-state index is -0.649. The molecule has 4 nitrogen and oxygen atoms in total. The second kappa shape index (κ2) is 3.67. The molecule has 0 aromatic carbocycles. The van der Waals surface area contributed by atoms with Gasteiger partial charge in [-0.2, -0.15) is 5.10 Å². The van der Waals surface area contributed by atoms with Crippen LogP contribution in [0.15, 0.2) is 12.1 Å². The largest absolute Gasteiger partial charge is 0.382 e. The van der Waals surface area contributed by atoms with Crippen LogP contribution in [-0.2, 0) is 0 Å². The van der Waals surface area contributed by atoms with Gasteiger partial charge in [0.25, 0.3) is 0 Å². The molecule has 0 amide bonds. The molecule has 15 heavy (non-hydrogen) atoms. The zero-order chi connectivity index (χ0) is 11.0. The minimum Gasteiger partial charge on any atom is -0.382 e. The fraction of sp³-hybridized carbons (Fsp3) is 0. The van der Waals surface area contributed by atoms with Crippen LogP contribution in [0.1, 0.15) is 0 Å². The van der Waals surface area contributed by atoms with Crippen LogP contribution in [0.5, 0.6) is 0 Å². The Bertz CT molecular complexity index is 511. The van der Waals surface area contributed by atoms with Crippen LogP contribution in [0, 0.1) is 5.82 Å². The van der Waals surface area contributed by atoms with Crippen molar-refractivity contribution < 1.29 is 4.39 Å². The Labute approximate surface area is 94.2 Å². The molecule has 3 N–H and O–H groups in total. The third-order valence-corrected chi connectivity index (χ3v) is 2.33. The van der Waals surface area contributed by atoms with Gasteiger partial charge >= 0.3 is 0 Å². The molecule has 0 atom stereocenters. The summed E-state index contributed by atoms with van der Waals surface area (Å²) in [6.45, 7) is 0. The summed E-state index contributed by atoms with van der Waals surface area (Å²) in [4.78, 5) is 3.63. The summed E-state index contributed by atoms with van der Waals surface area (Å²) in [6, 6.07) is 2.70. The van der Waals surface area contributed by atoms with Crippen molar-refractivity contribution in [2.24, 2.45) is 0 Å². The average Bonchev–Trinajstić information content (AvgIpc) is 2.58. The Morgan fingerprint density at radius 3 is 2.60 bits per heavy atom. The molecule has 0 unspecified atom stereocenters. The van der Waals surface area contributed by atoms with Gasteiger partial charge in [-0.05, 0) is 6.07 Å². The summed E-state index contributed by atoms with van der Waals surface area (Å²) in [7, 11) is 0. The Kier molecular flexibility index (Phi) is 2.50. The summed E-state index contributed by atoms with van der Waals surface area (Å²) in [5, 5.41) is 6.12. The SMILES string of the molecule is Nc1cc(-c2cc(F)c(Cl)nc2Cl)[nH]n1. The Hall–Kier alpha value is -1.33. The van der Waals surface area contributed by atoms with E-state index < -0.39 is 5.82 Å². The van der Waals surface area contributed by atoms with Crippen LogP contribution in [-0.4, -0.2) is 15.2 Å². The maximum absolute atomic E-state index is 13.1. The number of nitrogens with zero attached hydrogens (tertiary/aromatic N) is 2. The van der Waals surface area contributed by atoms with E-state index in [9.17, 15) is 4.39 Å². The maximum Gasteiger partial charge on any atom is 0.166 e. The number of hydrogen-bond donors (Lipinski definition) is 2. The number of hydrogen-bond acceptors (Lipinski definition) is 3. The topological polar surface area (TPSA) is 67.6 Å². The first kappa shape index (κ1) is 10.2. The molecule has 2 heterocycles. The van der Waals surface area contributed by atoms with Crippen LogP contribution >= 0.6 is 23.2 Å². The Balaban J connectivity index is 2.58. The monoisotopic (exact) mass is 246 g/mol. The molecule has 2 rings (SSSR count). The van der Waals surface area contributed by atoms with Crippen molar-refractivity contribution in [3.63, 3.8) is 0 Å². The molecular weight excluding hydrogens is 242 g/mol. The summed E-state index contributed by atoms with van der Waals surface area (Å²) in [5.41, 5.74) is 6.26. The quantitative estimate of drug-likeness (QED) is 0.760. The fourth-order valence-electron chi connectivity index (χ4n) is 1.11. The summed E-state index contributed by atoms with van der Waals surface area (Å²) in [6.07, 6.45) is 0. The molecule has 0 aliphatic rings. The second-order valence-corrected chi connectivity index (χ2v) is 3.52. The molecule has 0 fully saturated rings. The van der Waals surface area contributed by atoms with Gasteiger partial charge in [-0.25, -0.2) is 9.37 Å². The molecule has 78 valence electrons. The van der Waals surface area contributed by atoms with Gasteiger partial charge in [-0.15, -0.1) is 0 Å². The van der Waals surface area contributed by atoms with Crippen molar-refractivity contribution >= 4 is 29.0 Å². The van der Waals surface area contributed by atoms with Crippen molar-refractivity contribution in [2.75, 3.05) is 5.73 Å². The lowest BCUT2D eigenvalue weighted by molar-refractivity contribution is 0.622. The van der Waals surface area contributed by atoms with Gasteiger partial charge in [0.05, 0.1) is 5.69 Å². The number of aromatic amines is 1. The van der Waals surface area contributed by atoms with Crippen LogP contribution in [0.4, 0.5) is 10.2 Å². The fourth-order valence-corrected chi connectivity index (χ4v) is 1.53. The molecule has 7 heteroatoms. The normalized spacial score (nSPS) is 10.6. The van der Waals surface area contributed by atoms with E-state index in [1.807, 2.05) is 0 Å². The van der Waals surface area contributed by atoms with Crippen molar-refractivity contribution in [3.05, 3.63) is 28.3 Å². The van der Waals surface area contributed by atoms with E-state index in [0.29, 0.717) is 11.3 Å². The molecule has 0 bridgehead atoms. The van der Waals surface area contributed by atoms with Crippen molar-refractivity contribution in [1.29, 1.82) is 0 Å². The van der Waals surface area contributed by atoms with Gasteiger partial charge in [0.1, 0.15) is 11.0 Å². The highest BCUT2D eigenvalue weighted by atomic mass is 35.5. The molecule has 0 saturated carbocycles. The number of pyridine rings is 1. The van der Waals surface area contributed by atoms with Gasteiger partial charge in [0.15, 0.2) is 11.0 Å². The zero-order valence-electron chi connectivity index (χ0n) is 7.26. The van der Waals surface area contributed by atoms with E-state index in [2.05, 4.69) is 15.2 Å². The lowest BCUT2D eigenvalue weighted by Crippen LogP contribution is -1.89. The lowest BCUT2D eigenvalue weighted by Gasteiger charge is -2.01. The number of nitrogen functional groups attached to an aromatic ring is 1. The Morgan fingerprint density at radius 2 is 2.00 bits per heavy atom. The van der Waals surface area contributed by atoms with Crippen LogP contribution in [0.2, 0.25) is 10.3 Å². The number of halogens is 3. The smallest absolute Gasteiger partial charge is 0.166 e. The third kappa shape index (κ3) is 1.88. The number of rotatable bonds is 1. The van der Waals surface area contributed by atoms with Crippen LogP contribution in [0.3, 0.4) is 0 Å². The van der Waals surface area contributed by atoms with Gasteiger partial charge in [0.2, 0.25) is 0 Å². The first-order chi connectivity index (χ1) is 7.08. The van der Waals surface area contributed by atoms with Gasteiger partial charge in [0, 0.05) is 11.6 Å². The first-order valence-electron chi connectivity index (χ1n) is 3.90. The van der Waals surface area contributed by atoms with E-state index in [1.165, 1.54) is 12.1 Å². The number of aromatic nitrogens is 3. The van der Waals surface area contributed by atoms with Crippen molar-refractivity contribution in [1.82, 2.24) is 15.2 Å². The third-order valence-electron chi connectivity index (χ3n) is 1.77. The Morgan fingerprint density at radius 1 is 1.27 bits per heavy atom. The number of nitrogens with two attached hydrogens (primary N) is 1. The summed E-state index contributed by atoms with van der Waals surface area (Å²) in [5.74, 6) is -0.360. The zero-order valence-corrected chi connectivity index (χ0v) is 8.77. The van der Waals surface area contributed by atoms with Crippen LogP contribution < -0.4 is 5.73 Å². The molecule has 2 aromatic heterocycles. The minimum absolute atomic E-state index is 0.0880. The lowest BCUT2D eigenvalue weighted by atomic mass is 10.2. The second-order valence-electron chi connectivity index (χ2n) is 2.81. The van der Waals surface area contributed by atoms with E-state index in [1.54, 1.807) is 0 Å². The number of nitrogens with one attached hydrogen (secondary N) is 1. The predicted octanol–water partition coefficient (Wildman–Crippen LogP) is 2.50. The standard InChI is InChI=1S/C8H5Cl2FN4/c9-7-3(1-4(11)8(10)13-7)5-2-6(12)15-14-5/h1-2H,(H3,12,14,15).